The molecule has 0 aromatic heterocycles. The van der Waals surface area contributed by atoms with Crippen LogP contribution in [0.2, 0.25) is 0 Å². The molecule has 1 heterocycles. The van der Waals surface area contributed by atoms with E-state index in [1.165, 1.54) is 6.42 Å². The molecule has 0 bridgehead atoms. The van der Waals surface area contributed by atoms with Gasteiger partial charge in [0, 0.05) is 19.6 Å². The number of carbonyl (C=O) groups is 1. The van der Waals surface area contributed by atoms with Gasteiger partial charge in [-0.2, -0.15) is 0 Å². The molecule has 2 amide bonds. The topological polar surface area (TPSA) is 32.3 Å². The SMILES string of the molecule is CCNC(=O)N1C[C@H](CC(C)(C)C)[C@@H](C)C1. The standard InChI is InChI=1S/C13H26N2O/c1-6-14-12(16)15-8-10(2)11(9-15)7-13(3,4)5/h10-11H,6-9H2,1-5H3,(H,14,16)/t10-,11-/m0/s1. The fourth-order valence-electron chi connectivity index (χ4n) is 2.52. The van der Waals surface area contributed by atoms with E-state index in [1.54, 1.807) is 0 Å². The predicted molar refractivity (Wildman–Crippen MR) is 67.4 cm³/mol. The Morgan fingerprint density at radius 3 is 2.50 bits per heavy atom. The maximum Gasteiger partial charge on any atom is 0.317 e. The molecule has 1 N–H and O–H groups in total. The second-order valence-electron chi connectivity index (χ2n) is 6.24. The van der Waals surface area contributed by atoms with Gasteiger partial charge in [0.25, 0.3) is 0 Å². The van der Waals surface area contributed by atoms with Crippen LogP contribution in [-0.2, 0) is 0 Å². The highest BCUT2D eigenvalue weighted by Gasteiger charge is 2.34. The number of amides is 2. The van der Waals surface area contributed by atoms with E-state index in [4.69, 9.17) is 0 Å². The summed E-state index contributed by atoms with van der Waals surface area (Å²) in [5, 5.41) is 2.88. The van der Waals surface area contributed by atoms with E-state index >= 15 is 0 Å². The second-order valence-corrected chi connectivity index (χ2v) is 6.24. The molecule has 1 fully saturated rings. The van der Waals surface area contributed by atoms with Crippen molar-refractivity contribution in [3.05, 3.63) is 0 Å². The third kappa shape index (κ3) is 3.69. The van der Waals surface area contributed by atoms with E-state index in [-0.39, 0.29) is 6.03 Å². The first-order valence-electron chi connectivity index (χ1n) is 6.36. The highest BCUT2D eigenvalue weighted by Crippen LogP contribution is 2.33. The molecular weight excluding hydrogens is 200 g/mol. The van der Waals surface area contributed by atoms with Gasteiger partial charge in [-0.05, 0) is 30.6 Å². The highest BCUT2D eigenvalue weighted by atomic mass is 16.2. The quantitative estimate of drug-likeness (QED) is 0.771. The van der Waals surface area contributed by atoms with E-state index in [9.17, 15) is 4.79 Å². The minimum absolute atomic E-state index is 0.103. The highest BCUT2D eigenvalue weighted by molar-refractivity contribution is 5.74. The fraction of sp³-hybridized carbons (Fsp3) is 0.923. The molecular formula is C13H26N2O. The molecule has 3 heteroatoms. The summed E-state index contributed by atoms with van der Waals surface area (Å²) < 4.78 is 0. The first-order chi connectivity index (χ1) is 7.33. The third-order valence-electron chi connectivity index (χ3n) is 3.26. The monoisotopic (exact) mass is 226 g/mol. The van der Waals surface area contributed by atoms with Crippen molar-refractivity contribution in [2.24, 2.45) is 17.3 Å². The van der Waals surface area contributed by atoms with E-state index in [0.29, 0.717) is 23.8 Å². The van der Waals surface area contributed by atoms with Crippen LogP contribution in [0.15, 0.2) is 0 Å². The Labute approximate surface area is 99.6 Å². The number of rotatable bonds is 2. The molecule has 3 nitrogen and oxygen atoms in total. The van der Waals surface area contributed by atoms with E-state index in [0.717, 1.165) is 13.1 Å². The largest absolute Gasteiger partial charge is 0.338 e. The van der Waals surface area contributed by atoms with Crippen LogP contribution in [0.1, 0.15) is 41.0 Å². The van der Waals surface area contributed by atoms with Crippen molar-refractivity contribution < 1.29 is 4.79 Å². The van der Waals surface area contributed by atoms with Gasteiger partial charge in [0.15, 0.2) is 0 Å². The Hall–Kier alpha value is -0.730. The van der Waals surface area contributed by atoms with Gasteiger partial charge in [-0.25, -0.2) is 4.79 Å². The summed E-state index contributed by atoms with van der Waals surface area (Å²) in [5.74, 6) is 1.28. The molecule has 1 aliphatic heterocycles. The summed E-state index contributed by atoms with van der Waals surface area (Å²) in [6, 6.07) is 0.103. The first kappa shape index (κ1) is 13.3. The fourth-order valence-corrected chi connectivity index (χ4v) is 2.52. The zero-order valence-electron chi connectivity index (χ0n) is 11.3. The molecule has 0 radical (unpaired) electrons. The van der Waals surface area contributed by atoms with Gasteiger partial charge in [-0.1, -0.05) is 27.7 Å². The summed E-state index contributed by atoms with van der Waals surface area (Å²) in [7, 11) is 0. The average Bonchev–Trinajstić information content (AvgIpc) is 2.45. The maximum atomic E-state index is 11.7. The van der Waals surface area contributed by atoms with Gasteiger partial charge >= 0.3 is 6.03 Å². The van der Waals surface area contributed by atoms with Gasteiger partial charge in [0.2, 0.25) is 0 Å². The summed E-state index contributed by atoms with van der Waals surface area (Å²) >= 11 is 0. The Morgan fingerprint density at radius 2 is 2.00 bits per heavy atom. The van der Waals surface area contributed by atoms with Crippen LogP contribution < -0.4 is 5.32 Å². The maximum absolute atomic E-state index is 11.7. The van der Waals surface area contributed by atoms with E-state index in [1.807, 2.05) is 11.8 Å². The van der Waals surface area contributed by atoms with Crippen LogP contribution in [0.25, 0.3) is 0 Å². The van der Waals surface area contributed by atoms with Crippen molar-refractivity contribution >= 4 is 6.03 Å². The minimum Gasteiger partial charge on any atom is -0.338 e. The third-order valence-corrected chi connectivity index (χ3v) is 3.26. The summed E-state index contributed by atoms with van der Waals surface area (Å²) in [5.41, 5.74) is 0.357. The number of hydrogen-bond donors (Lipinski definition) is 1. The molecule has 0 aliphatic carbocycles. The molecule has 2 atom stereocenters. The molecule has 0 saturated carbocycles. The summed E-state index contributed by atoms with van der Waals surface area (Å²) in [6.07, 6.45) is 1.20. The van der Waals surface area contributed by atoms with Gasteiger partial charge in [-0.15, -0.1) is 0 Å². The van der Waals surface area contributed by atoms with Gasteiger partial charge in [0.05, 0.1) is 0 Å². The lowest BCUT2D eigenvalue weighted by atomic mass is 9.81. The molecule has 1 saturated heterocycles. The normalized spacial score (nSPS) is 25.9. The lowest BCUT2D eigenvalue weighted by molar-refractivity contribution is 0.205. The van der Waals surface area contributed by atoms with Crippen molar-refractivity contribution in [2.45, 2.75) is 41.0 Å². The molecule has 94 valence electrons. The van der Waals surface area contributed by atoms with Crippen LogP contribution in [-0.4, -0.2) is 30.6 Å². The number of urea groups is 1. The van der Waals surface area contributed by atoms with E-state index in [2.05, 4.69) is 33.0 Å². The summed E-state index contributed by atoms with van der Waals surface area (Å²) in [4.78, 5) is 13.7. The zero-order chi connectivity index (χ0) is 12.3. The minimum atomic E-state index is 0.103. The average molecular weight is 226 g/mol. The molecule has 0 aromatic rings. The number of carbonyl (C=O) groups excluding carboxylic acids is 1. The van der Waals surface area contributed by atoms with Crippen LogP contribution in [0.4, 0.5) is 4.79 Å². The Bertz CT molecular complexity index is 245. The predicted octanol–water partition coefficient (Wildman–Crippen LogP) is 2.72. The zero-order valence-corrected chi connectivity index (χ0v) is 11.3. The Balaban J connectivity index is 2.50. The number of nitrogens with zero attached hydrogens (tertiary/aromatic N) is 1. The molecule has 0 unspecified atom stereocenters. The van der Waals surface area contributed by atoms with Crippen LogP contribution in [0.3, 0.4) is 0 Å². The van der Waals surface area contributed by atoms with Gasteiger partial charge in [0.1, 0.15) is 0 Å². The van der Waals surface area contributed by atoms with Gasteiger partial charge in [-0.3, -0.25) is 0 Å². The number of likely N-dealkylation sites (tertiary alicyclic amines) is 1. The van der Waals surface area contributed by atoms with Crippen molar-refractivity contribution in [3.63, 3.8) is 0 Å². The van der Waals surface area contributed by atoms with Crippen molar-refractivity contribution in [1.82, 2.24) is 10.2 Å². The Kier molecular flexibility index (Phi) is 4.22. The van der Waals surface area contributed by atoms with Crippen LogP contribution in [0, 0.1) is 17.3 Å². The smallest absolute Gasteiger partial charge is 0.317 e. The second kappa shape index (κ2) is 5.07. The van der Waals surface area contributed by atoms with Gasteiger partial charge < -0.3 is 10.2 Å². The lowest BCUT2D eigenvalue weighted by Gasteiger charge is -2.25. The lowest BCUT2D eigenvalue weighted by Crippen LogP contribution is -2.38. The molecule has 16 heavy (non-hydrogen) atoms. The molecule has 0 spiro atoms. The molecule has 1 aliphatic rings. The van der Waals surface area contributed by atoms with Crippen molar-refractivity contribution in [3.8, 4) is 0 Å². The molecule has 0 aromatic carbocycles. The van der Waals surface area contributed by atoms with Crippen LogP contribution >= 0.6 is 0 Å². The summed E-state index contributed by atoms with van der Waals surface area (Å²) in [6.45, 7) is 13.6. The Morgan fingerprint density at radius 1 is 1.38 bits per heavy atom. The van der Waals surface area contributed by atoms with E-state index < -0.39 is 0 Å². The first-order valence-corrected chi connectivity index (χ1v) is 6.36. The van der Waals surface area contributed by atoms with Crippen molar-refractivity contribution in [1.29, 1.82) is 0 Å². The van der Waals surface area contributed by atoms with Crippen LogP contribution in [0.5, 0.6) is 0 Å². The number of hydrogen-bond acceptors (Lipinski definition) is 1. The molecule has 1 rings (SSSR count). The van der Waals surface area contributed by atoms with Crippen molar-refractivity contribution in [2.75, 3.05) is 19.6 Å². The number of nitrogens with one attached hydrogen (secondary N) is 1.